The second-order valence-electron chi connectivity index (χ2n) is 8.53. The highest BCUT2D eigenvalue weighted by atomic mass is 19.1. The first-order valence-electron chi connectivity index (χ1n) is 11.5. The fourth-order valence-corrected chi connectivity index (χ4v) is 4.55. The fourth-order valence-electron chi connectivity index (χ4n) is 4.55. The normalized spacial score (nSPS) is 16.8. The van der Waals surface area contributed by atoms with Gasteiger partial charge in [-0.25, -0.2) is 4.39 Å². The first kappa shape index (κ1) is 21.9. The highest BCUT2D eigenvalue weighted by molar-refractivity contribution is 5.83. The van der Waals surface area contributed by atoms with Gasteiger partial charge in [0, 0.05) is 36.1 Å². The number of rotatable bonds is 7. The van der Waals surface area contributed by atoms with Crippen LogP contribution in [0, 0.1) is 5.82 Å². The molecule has 5 rings (SSSR count). The summed E-state index contributed by atoms with van der Waals surface area (Å²) in [5.74, 6) is 1.96. The lowest BCUT2D eigenvalue weighted by molar-refractivity contribution is 0.170. The van der Waals surface area contributed by atoms with Crippen molar-refractivity contribution in [3.05, 3.63) is 53.7 Å². The average Bonchev–Trinajstić information content (AvgIpc) is 2.87. The van der Waals surface area contributed by atoms with E-state index in [2.05, 4.69) is 20.2 Å². The lowest BCUT2D eigenvalue weighted by Gasteiger charge is -2.32. The van der Waals surface area contributed by atoms with Crippen LogP contribution in [0.4, 0.5) is 4.39 Å². The Kier molecular flexibility index (Phi) is 6.55. The molecule has 3 aromatic rings. The van der Waals surface area contributed by atoms with Gasteiger partial charge in [0.1, 0.15) is 24.8 Å². The number of pyridine rings is 2. The summed E-state index contributed by atoms with van der Waals surface area (Å²) in [6.07, 6.45) is 5.82. The molecule has 1 saturated heterocycles. The van der Waals surface area contributed by atoms with Crippen molar-refractivity contribution in [2.75, 3.05) is 40.0 Å². The van der Waals surface area contributed by atoms with Crippen LogP contribution >= 0.6 is 0 Å². The molecule has 1 N–H and O–H groups in total. The number of methoxy groups -OCH3 is 1. The fraction of sp³-hybridized carbons (Fsp3) is 0.440. The molecular formula is C25H29FN4O3. The first-order valence-corrected chi connectivity index (χ1v) is 11.5. The molecule has 7 nitrogen and oxygen atoms in total. The quantitative estimate of drug-likeness (QED) is 0.590. The number of benzene rings is 1. The Labute approximate surface area is 192 Å². The summed E-state index contributed by atoms with van der Waals surface area (Å²) in [5.41, 5.74) is 2.46. The minimum Gasteiger partial charge on any atom is -0.497 e. The zero-order valence-corrected chi connectivity index (χ0v) is 18.8. The van der Waals surface area contributed by atoms with Crippen molar-refractivity contribution >= 4 is 10.9 Å². The first-order chi connectivity index (χ1) is 16.2. The van der Waals surface area contributed by atoms with E-state index in [4.69, 9.17) is 14.2 Å². The summed E-state index contributed by atoms with van der Waals surface area (Å²) >= 11 is 0. The van der Waals surface area contributed by atoms with Gasteiger partial charge in [-0.15, -0.1) is 0 Å². The zero-order chi connectivity index (χ0) is 22.6. The van der Waals surface area contributed by atoms with Crippen molar-refractivity contribution in [2.45, 2.75) is 31.8 Å². The molecule has 2 aliphatic rings. The van der Waals surface area contributed by atoms with Crippen LogP contribution in [0.3, 0.4) is 0 Å². The Morgan fingerprint density at radius 3 is 2.73 bits per heavy atom. The van der Waals surface area contributed by atoms with Gasteiger partial charge in [-0.05, 0) is 50.6 Å². The number of aromatic nitrogens is 2. The second kappa shape index (κ2) is 9.89. The van der Waals surface area contributed by atoms with Gasteiger partial charge in [0.2, 0.25) is 0 Å². The van der Waals surface area contributed by atoms with Crippen molar-refractivity contribution in [1.29, 1.82) is 0 Å². The van der Waals surface area contributed by atoms with E-state index in [1.807, 2.05) is 24.3 Å². The molecule has 8 heteroatoms. The van der Waals surface area contributed by atoms with Crippen LogP contribution in [0.25, 0.3) is 10.9 Å². The predicted octanol–water partition coefficient (Wildman–Crippen LogP) is 3.35. The van der Waals surface area contributed by atoms with E-state index in [1.54, 1.807) is 13.3 Å². The third-order valence-corrected chi connectivity index (χ3v) is 6.46. The number of hydrogen-bond donors (Lipinski definition) is 1. The van der Waals surface area contributed by atoms with Crippen LogP contribution in [0.1, 0.15) is 24.1 Å². The highest BCUT2D eigenvalue weighted by Gasteiger charge is 2.20. The molecule has 0 spiro atoms. The summed E-state index contributed by atoms with van der Waals surface area (Å²) in [5, 5.41) is 4.45. The number of halogens is 1. The van der Waals surface area contributed by atoms with E-state index in [0.29, 0.717) is 37.8 Å². The molecule has 2 aliphatic heterocycles. The standard InChI is InChI=1S/C25H29FN4O3/c1-31-19-2-3-23-21(13-19)20(22(26)15-29-23)6-9-30-7-4-17(5-8-30)27-14-18-12-24-25(16-28-18)33-11-10-32-24/h2-3,12-13,15-17,27H,4-11,14H2,1H3. The topological polar surface area (TPSA) is 68.7 Å². The average molecular weight is 453 g/mol. The van der Waals surface area contributed by atoms with Gasteiger partial charge in [0.25, 0.3) is 0 Å². The van der Waals surface area contributed by atoms with Gasteiger partial charge >= 0.3 is 0 Å². The van der Waals surface area contributed by atoms with E-state index >= 15 is 0 Å². The number of ether oxygens (including phenoxy) is 3. The van der Waals surface area contributed by atoms with Crippen LogP contribution in [-0.2, 0) is 13.0 Å². The van der Waals surface area contributed by atoms with Gasteiger partial charge in [0.15, 0.2) is 11.5 Å². The van der Waals surface area contributed by atoms with E-state index < -0.39 is 0 Å². The maximum absolute atomic E-state index is 14.6. The Bertz CT molecular complexity index is 1120. The highest BCUT2D eigenvalue weighted by Crippen LogP contribution is 2.29. The molecular weight excluding hydrogens is 423 g/mol. The van der Waals surface area contributed by atoms with Gasteiger partial charge < -0.3 is 24.4 Å². The zero-order valence-electron chi connectivity index (χ0n) is 18.8. The number of nitrogens with zero attached hydrogens (tertiary/aromatic N) is 3. The van der Waals surface area contributed by atoms with E-state index in [1.165, 1.54) is 6.20 Å². The minimum absolute atomic E-state index is 0.251. The number of hydrogen-bond acceptors (Lipinski definition) is 7. The van der Waals surface area contributed by atoms with Gasteiger partial charge in [-0.2, -0.15) is 0 Å². The van der Waals surface area contributed by atoms with E-state index in [0.717, 1.165) is 66.3 Å². The monoisotopic (exact) mass is 452 g/mol. The van der Waals surface area contributed by atoms with E-state index in [9.17, 15) is 4.39 Å². The molecule has 1 fully saturated rings. The molecule has 0 saturated carbocycles. The van der Waals surface area contributed by atoms with E-state index in [-0.39, 0.29) is 5.82 Å². The lowest BCUT2D eigenvalue weighted by atomic mass is 10.0. The minimum atomic E-state index is -0.251. The van der Waals surface area contributed by atoms with Crippen LogP contribution in [0.15, 0.2) is 36.7 Å². The number of nitrogens with one attached hydrogen (secondary N) is 1. The summed E-state index contributed by atoms with van der Waals surface area (Å²) in [6, 6.07) is 8.02. The summed E-state index contributed by atoms with van der Waals surface area (Å²) < 4.78 is 31.1. The molecule has 0 aliphatic carbocycles. The summed E-state index contributed by atoms with van der Waals surface area (Å²) in [4.78, 5) is 11.1. The molecule has 174 valence electrons. The molecule has 0 bridgehead atoms. The van der Waals surface area contributed by atoms with Crippen molar-refractivity contribution in [3.63, 3.8) is 0 Å². The van der Waals surface area contributed by atoms with Crippen molar-refractivity contribution in [3.8, 4) is 17.2 Å². The Hall–Kier alpha value is -2.97. The molecule has 2 aromatic heterocycles. The van der Waals surface area contributed by atoms with Crippen LogP contribution in [0.2, 0.25) is 0 Å². The maximum Gasteiger partial charge on any atom is 0.179 e. The third-order valence-electron chi connectivity index (χ3n) is 6.46. The van der Waals surface area contributed by atoms with Gasteiger partial charge in [0.05, 0.1) is 30.7 Å². The molecule has 1 aromatic carbocycles. The largest absolute Gasteiger partial charge is 0.497 e. The molecule has 0 unspecified atom stereocenters. The number of fused-ring (bicyclic) bond motifs is 2. The SMILES string of the molecule is COc1ccc2ncc(F)c(CCN3CCC(NCc4cc5c(cn4)OCCO5)CC3)c2c1. The molecule has 0 atom stereocenters. The molecule has 4 heterocycles. The van der Waals surface area contributed by atoms with Crippen molar-refractivity contribution in [1.82, 2.24) is 20.2 Å². The maximum atomic E-state index is 14.6. The third kappa shape index (κ3) is 5.02. The molecule has 0 amide bonds. The summed E-state index contributed by atoms with van der Waals surface area (Å²) in [7, 11) is 1.62. The van der Waals surface area contributed by atoms with Crippen LogP contribution < -0.4 is 19.5 Å². The lowest BCUT2D eigenvalue weighted by Crippen LogP contribution is -2.43. The number of likely N-dealkylation sites (tertiary alicyclic amines) is 1. The smallest absolute Gasteiger partial charge is 0.179 e. The van der Waals surface area contributed by atoms with Crippen LogP contribution in [0.5, 0.6) is 17.2 Å². The van der Waals surface area contributed by atoms with Gasteiger partial charge in [-0.3, -0.25) is 9.97 Å². The predicted molar refractivity (Wildman–Crippen MR) is 123 cm³/mol. The Morgan fingerprint density at radius 2 is 1.91 bits per heavy atom. The Morgan fingerprint density at radius 1 is 1.09 bits per heavy atom. The second-order valence-corrected chi connectivity index (χ2v) is 8.53. The molecule has 0 radical (unpaired) electrons. The van der Waals surface area contributed by atoms with Crippen molar-refractivity contribution < 1.29 is 18.6 Å². The number of piperidine rings is 1. The Balaban J connectivity index is 1.13. The summed E-state index contributed by atoms with van der Waals surface area (Å²) in [6.45, 7) is 4.65. The van der Waals surface area contributed by atoms with Crippen molar-refractivity contribution in [2.24, 2.45) is 0 Å². The van der Waals surface area contributed by atoms with Crippen LogP contribution in [-0.4, -0.2) is 60.9 Å². The molecule has 33 heavy (non-hydrogen) atoms. The van der Waals surface area contributed by atoms with Gasteiger partial charge in [-0.1, -0.05) is 0 Å².